The number of phenols is 1. The highest BCUT2D eigenvalue weighted by Crippen LogP contribution is 2.62. The Morgan fingerprint density at radius 2 is 2.14 bits per heavy atom. The van der Waals surface area contributed by atoms with Crippen molar-refractivity contribution >= 4 is 8.41 Å². The van der Waals surface area contributed by atoms with Gasteiger partial charge in [-0.1, -0.05) is 18.2 Å². The number of ether oxygens (including phenoxy) is 1. The van der Waals surface area contributed by atoms with Crippen LogP contribution in [-0.2, 0) is 11.8 Å². The summed E-state index contributed by atoms with van der Waals surface area (Å²) >= 11 is 0. The highest BCUT2D eigenvalue weighted by molar-refractivity contribution is 5.75. The van der Waals surface area contributed by atoms with E-state index in [1.54, 1.807) is 6.07 Å². The Kier molecular flexibility index (Phi) is 2.77. The fraction of sp³-hybridized carbons (Fsp3) is 0.529. The van der Waals surface area contributed by atoms with E-state index in [9.17, 15) is 10.2 Å². The summed E-state index contributed by atoms with van der Waals surface area (Å²) in [6.45, 7) is 1.01. The lowest BCUT2D eigenvalue weighted by Crippen LogP contribution is -2.64. The third kappa shape index (κ3) is 1.37. The average molecular weight is 299 g/mol. The molecular formula is C17H22BNO3. The Labute approximate surface area is 132 Å². The van der Waals surface area contributed by atoms with Crippen molar-refractivity contribution in [3.63, 3.8) is 0 Å². The lowest BCUT2D eigenvalue weighted by atomic mass is 9.53. The number of hydrogen-bond donors (Lipinski definition) is 2. The number of benzene rings is 1. The van der Waals surface area contributed by atoms with Crippen LogP contribution in [0.2, 0.25) is 0 Å². The molecule has 0 radical (unpaired) electrons. The van der Waals surface area contributed by atoms with Crippen molar-refractivity contribution in [3.8, 4) is 11.5 Å². The highest BCUT2D eigenvalue weighted by Gasteiger charge is 2.64. The Morgan fingerprint density at radius 1 is 1.32 bits per heavy atom. The van der Waals surface area contributed by atoms with Gasteiger partial charge in [-0.3, -0.25) is 0 Å². The van der Waals surface area contributed by atoms with Gasteiger partial charge in [0.25, 0.3) is 0 Å². The molecule has 5 atom stereocenters. The second-order valence-corrected chi connectivity index (χ2v) is 6.93. The van der Waals surface area contributed by atoms with Gasteiger partial charge in [0.2, 0.25) is 0 Å². The van der Waals surface area contributed by atoms with E-state index in [-0.39, 0.29) is 25.7 Å². The van der Waals surface area contributed by atoms with Gasteiger partial charge in [-0.25, -0.2) is 0 Å². The summed E-state index contributed by atoms with van der Waals surface area (Å²) in [6.07, 6.45) is 5.18. The predicted molar refractivity (Wildman–Crippen MR) is 87.5 cm³/mol. The van der Waals surface area contributed by atoms with Crippen molar-refractivity contribution < 1.29 is 14.9 Å². The summed E-state index contributed by atoms with van der Waals surface area (Å²) in [5.41, 5.74) is 2.29. The normalized spacial score (nSPS) is 40.6. The number of rotatable bonds is 0. The van der Waals surface area contributed by atoms with E-state index in [1.165, 1.54) is 11.1 Å². The lowest BCUT2D eigenvalue weighted by Gasteiger charge is -2.56. The van der Waals surface area contributed by atoms with E-state index in [0.29, 0.717) is 17.7 Å². The van der Waals surface area contributed by atoms with Crippen molar-refractivity contribution in [1.82, 2.24) is 4.90 Å². The molecule has 0 saturated carbocycles. The highest BCUT2D eigenvalue weighted by atomic mass is 16.5. The van der Waals surface area contributed by atoms with Gasteiger partial charge in [-0.15, -0.1) is 0 Å². The van der Waals surface area contributed by atoms with Gasteiger partial charge < -0.3 is 19.8 Å². The van der Waals surface area contributed by atoms with Crippen LogP contribution in [0.25, 0.3) is 0 Å². The molecule has 22 heavy (non-hydrogen) atoms. The van der Waals surface area contributed by atoms with Crippen LogP contribution in [0.15, 0.2) is 24.3 Å². The minimum atomic E-state index is -0.594. The monoisotopic (exact) mass is 299 g/mol. The van der Waals surface area contributed by atoms with Gasteiger partial charge >= 0.3 is 0 Å². The molecule has 0 aromatic heterocycles. The van der Waals surface area contributed by atoms with Crippen molar-refractivity contribution in [1.29, 1.82) is 0 Å². The van der Waals surface area contributed by atoms with Gasteiger partial charge in [0.05, 0.1) is 8.41 Å². The quantitative estimate of drug-likeness (QED) is 0.524. The molecule has 2 heterocycles. The molecule has 116 valence electrons. The van der Waals surface area contributed by atoms with Crippen LogP contribution < -0.4 is 4.74 Å². The van der Waals surface area contributed by atoms with Crippen molar-refractivity contribution in [2.75, 3.05) is 13.6 Å². The van der Waals surface area contributed by atoms with Crippen LogP contribution in [0.4, 0.5) is 0 Å². The first-order valence-corrected chi connectivity index (χ1v) is 7.71. The number of aliphatic hydroxyl groups is 1. The maximum atomic E-state index is 10.4. The largest absolute Gasteiger partial charge is 0.504 e. The van der Waals surface area contributed by atoms with Crippen LogP contribution in [0.1, 0.15) is 17.5 Å². The van der Waals surface area contributed by atoms with Gasteiger partial charge in [0, 0.05) is 22.9 Å². The Morgan fingerprint density at radius 3 is 2.95 bits per heavy atom. The molecule has 2 N–H and O–H groups in total. The van der Waals surface area contributed by atoms with Gasteiger partial charge in [0.1, 0.15) is 12.2 Å². The zero-order valence-electron chi connectivity index (χ0n) is 12.0. The van der Waals surface area contributed by atoms with E-state index in [0.717, 1.165) is 19.4 Å². The maximum Gasteiger partial charge on any atom is 0.165 e. The molecule has 4 nitrogen and oxygen atoms in total. The summed E-state index contributed by atoms with van der Waals surface area (Å²) in [6, 6.07) is 4.23. The Hall–Kier alpha value is -1.46. The number of hydrogen-bond acceptors (Lipinski definition) is 4. The van der Waals surface area contributed by atoms with E-state index in [2.05, 4.69) is 18.0 Å². The number of likely N-dealkylation sites (tertiary alicyclic amines) is 1. The summed E-state index contributed by atoms with van der Waals surface area (Å²) < 4.78 is 6.09. The van der Waals surface area contributed by atoms with Crippen molar-refractivity contribution in [2.45, 2.75) is 36.5 Å². The van der Waals surface area contributed by atoms with Crippen molar-refractivity contribution in [2.24, 2.45) is 5.92 Å². The van der Waals surface area contributed by atoms with E-state index in [1.807, 2.05) is 12.1 Å². The zero-order chi connectivity index (χ0) is 14.4. The molecule has 1 spiro atoms. The summed E-state index contributed by atoms with van der Waals surface area (Å²) in [4.78, 5) is 2.43. The fourth-order valence-electron chi connectivity index (χ4n) is 5.24. The topological polar surface area (TPSA) is 52.9 Å². The third-order valence-corrected chi connectivity index (χ3v) is 6.15. The summed E-state index contributed by atoms with van der Waals surface area (Å²) in [5, 5.41) is 20.6. The van der Waals surface area contributed by atoms with Crippen LogP contribution in [0.5, 0.6) is 11.5 Å². The smallest absolute Gasteiger partial charge is 0.165 e. The van der Waals surface area contributed by atoms with E-state index >= 15 is 0 Å². The summed E-state index contributed by atoms with van der Waals surface area (Å²) in [7, 11) is 2.19. The van der Waals surface area contributed by atoms with Crippen LogP contribution in [0.3, 0.4) is 0 Å². The van der Waals surface area contributed by atoms with Crippen LogP contribution >= 0.6 is 0 Å². The minimum absolute atomic E-state index is 0. The second-order valence-electron chi connectivity index (χ2n) is 6.93. The third-order valence-electron chi connectivity index (χ3n) is 6.15. The number of aromatic hydroxyl groups is 1. The summed E-state index contributed by atoms with van der Waals surface area (Å²) in [5.74, 6) is 1.19. The molecule has 0 unspecified atom stereocenters. The molecule has 2 bridgehead atoms. The first-order valence-electron chi connectivity index (χ1n) is 7.71. The molecule has 0 amide bonds. The first-order chi connectivity index (χ1) is 10.1. The van der Waals surface area contributed by atoms with Gasteiger partial charge in [0.15, 0.2) is 11.5 Å². The molecule has 4 aliphatic rings. The molecular weight excluding hydrogens is 277 g/mol. The standard InChI is InChI=1S/C17H19NO3.BH3/c1-18-7-6-17-10-3-5-13(20)16(17)21-15-12(19)4-2-9(14(15)17)8-11(10)18;/h2-5,10-11,13,16,19-20H,6-8H2,1H3;1H3/t10-,11+,13-,16-,17-;/m0./s1. The second kappa shape index (κ2) is 4.30. The van der Waals surface area contributed by atoms with Crippen molar-refractivity contribution in [3.05, 3.63) is 35.4 Å². The number of nitrogens with zero attached hydrogens (tertiary/aromatic N) is 1. The first kappa shape index (κ1) is 14.2. The van der Waals surface area contributed by atoms with E-state index in [4.69, 9.17) is 4.74 Å². The molecule has 2 aliphatic carbocycles. The molecule has 1 fully saturated rings. The van der Waals surface area contributed by atoms with Crippen LogP contribution in [-0.4, -0.2) is 55.4 Å². The maximum absolute atomic E-state index is 10.4. The fourth-order valence-corrected chi connectivity index (χ4v) is 5.24. The number of aliphatic hydroxyl groups excluding tert-OH is 1. The molecule has 2 aliphatic heterocycles. The lowest BCUT2D eigenvalue weighted by molar-refractivity contribution is -0.0453. The zero-order valence-corrected chi connectivity index (χ0v) is 12.0. The predicted octanol–water partition coefficient (Wildman–Crippen LogP) is 0.0142. The molecule has 1 saturated heterocycles. The Bertz CT molecular complexity index is 676. The SMILES string of the molecule is B.CN1CC[C@]23c4c5ccc(O)c4O[C@H]2[C@@H](O)C=C[C@H]3[C@H]1C5. The van der Waals surface area contributed by atoms with E-state index < -0.39 is 6.10 Å². The number of likely N-dealkylation sites (N-methyl/N-ethyl adjacent to an activating group) is 1. The molecule has 5 heteroatoms. The molecule has 1 aromatic carbocycles. The van der Waals surface area contributed by atoms with Gasteiger partial charge in [-0.2, -0.15) is 0 Å². The number of phenolic OH excluding ortho intramolecular Hbond substituents is 1. The number of piperidine rings is 1. The molecule has 1 aromatic rings. The average Bonchev–Trinajstić information content (AvgIpc) is 2.83. The Balaban J connectivity index is 0.00000125. The minimum Gasteiger partial charge on any atom is -0.504 e. The molecule has 5 rings (SSSR count). The van der Waals surface area contributed by atoms with Gasteiger partial charge in [-0.05, 0) is 38.1 Å². The van der Waals surface area contributed by atoms with Crippen LogP contribution in [0, 0.1) is 5.92 Å².